The van der Waals surface area contributed by atoms with Crippen molar-refractivity contribution in [2.45, 2.75) is 52.3 Å². The van der Waals surface area contributed by atoms with E-state index in [1.165, 1.54) is 23.8 Å². The lowest BCUT2D eigenvalue weighted by molar-refractivity contribution is -0.141. The van der Waals surface area contributed by atoms with E-state index in [-0.39, 0.29) is 23.5 Å². The normalized spacial score (nSPS) is 12.9. The smallest absolute Gasteiger partial charge is 0.350 e. The third-order valence-corrected chi connectivity index (χ3v) is 5.50. The van der Waals surface area contributed by atoms with Gasteiger partial charge in [-0.1, -0.05) is 19.9 Å². The molecule has 0 saturated carbocycles. The molecule has 8 nitrogen and oxygen atoms in total. The van der Waals surface area contributed by atoms with Gasteiger partial charge in [-0.2, -0.15) is 18.0 Å². The lowest BCUT2D eigenvalue weighted by Crippen LogP contribution is -2.39. The van der Waals surface area contributed by atoms with Gasteiger partial charge in [0.15, 0.2) is 5.69 Å². The van der Waals surface area contributed by atoms with Crippen molar-refractivity contribution in [1.29, 1.82) is 0 Å². The number of anilines is 1. The van der Waals surface area contributed by atoms with Crippen LogP contribution in [0.2, 0.25) is 0 Å². The first-order valence-electron chi connectivity index (χ1n) is 10.7. The first-order chi connectivity index (χ1) is 15.8. The highest BCUT2D eigenvalue weighted by Crippen LogP contribution is 2.29. The third kappa shape index (κ3) is 7.34. The first-order valence-corrected chi connectivity index (χ1v) is 12.6. The van der Waals surface area contributed by atoms with Gasteiger partial charge in [0.05, 0.1) is 30.1 Å². The molecule has 13 heteroatoms. The highest BCUT2D eigenvalue weighted by atomic mass is 32.2. The van der Waals surface area contributed by atoms with Gasteiger partial charge in [0.2, 0.25) is 15.9 Å². The summed E-state index contributed by atoms with van der Waals surface area (Å²) in [6.07, 6.45) is -2.37. The number of carbonyl (C=O) groups is 1. The molecule has 0 aliphatic rings. The van der Waals surface area contributed by atoms with Gasteiger partial charge in [0.25, 0.3) is 0 Å². The second-order valence-corrected chi connectivity index (χ2v) is 9.66. The number of sulfonamides is 1. The fourth-order valence-corrected chi connectivity index (χ4v) is 3.86. The summed E-state index contributed by atoms with van der Waals surface area (Å²) in [5, 5.41) is 7.98. The number of hydrogen-bond donors (Lipinski definition) is 2. The van der Waals surface area contributed by atoms with E-state index in [0.29, 0.717) is 25.9 Å². The predicted molar refractivity (Wildman–Crippen MR) is 121 cm³/mol. The number of aromatic nitrogens is 2. The molecule has 2 N–H and O–H groups in total. The molecule has 1 amide bonds. The Balaban J connectivity index is 2.21. The molecule has 34 heavy (non-hydrogen) atoms. The monoisotopic (exact) mass is 507 g/mol. The number of hydrogen-bond acceptors (Lipinski definition) is 5. The van der Waals surface area contributed by atoms with Crippen LogP contribution in [0.1, 0.15) is 56.5 Å². The summed E-state index contributed by atoms with van der Waals surface area (Å²) < 4.78 is 78.7. The number of rotatable bonds is 11. The minimum absolute atomic E-state index is 0.161. The Morgan fingerprint density at radius 1 is 1.18 bits per heavy atom. The zero-order chi connectivity index (χ0) is 25.7. The van der Waals surface area contributed by atoms with Crippen molar-refractivity contribution in [3.05, 3.63) is 47.0 Å². The highest BCUT2D eigenvalue weighted by molar-refractivity contribution is 7.92. The summed E-state index contributed by atoms with van der Waals surface area (Å²) in [7, 11) is -3.68. The molecule has 0 aliphatic carbocycles. The molecule has 2 rings (SSSR count). The molecule has 1 unspecified atom stereocenters. The van der Waals surface area contributed by atoms with Gasteiger partial charge in [-0.15, -0.1) is 5.10 Å². The second-order valence-electron chi connectivity index (χ2n) is 7.91. The van der Waals surface area contributed by atoms with Crippen molar-refractivity contribution in [1.82, 2.24) is 15.2 Å². The second kappa shape index (κ2) is 11.1. The van der Waals surface area contributed by atoms with Crippen molar-refractivity contribution in [3.63, 3.8) is 0 Å². The molecular weight excluding hydrogens is 478 g/mol. The van der Waals surface area contributed by atoms with E-state index in [0.717, 1.165) is 18.4 Å². The summed E-state index contributed by atoms with van der Waals surface area (Å²) in [6.45, 7) is 6.05. The van der Waals surface area contributed by atoms with Crippen LogP contribution in [0.25, 0.3) is 0 Å². The van der Waals surface area contributed by atoms with Crippen molar-refractivity contribution in [3.8, 4) is 0 Å². The van der Waals surface area contributed by atoms with Gasteiger partial charge in [0.1, 0.15) is 5.82 Å². The van der Waals surface area contributed by atoms with Crippen molar-refractivity contribution < 1.29 is 30.8 Å². The lowest BCUT2D eigenvalue weighted by atomic mass is 10.00. The Morgan fingerprint density at radius 2 is 1.79 bits per heavy atom. The Kier molecular flexibility index (Phi) is 8.92. The Bertz CT molecular complexity index is 1100. The molecule has 1 heterocycles. The molecule has 0 bridgehead atoms. The van der Waals surface area contributed by atoms with Gasteiger partial charge < -0.3 is 5.32 Å². The van der Waals surface area contributed by atoms with E-state index in [2.05, 4.69) is 10.4 Å². The Hall–Kier alpha value is -2.83. The molecule has 1 aromatic carbocycles. The molecular formula is C21H29F4N5O3S. The standard InChI is InChI=1S/C21H29F4N5O3S/c1-5-9-29(10-6-2)30-16(12-19(27-30)21(23,24)25)13-26-20(31)14(3)15-7-8-18(17(22)11-15)28-34(4,32)33/h7-8,11-12,14,28H,5-6,9-10,13H2,1-4H3,(H,26,31). The zero-order valence-electron chi connectivity index (χ0n) is 19.4. The van der Waals surface area contributed by atoms with Crippen molar-refractivity contribution in [2.24, 2.45) is 0 Å². The molecule has 2 aromatic rings. The van der Waals surface area contributed by atoms with E-state index in [1.807, 2.05) is 18.6 Å². The van der Waals surface area contributed by atoms with Crippen molar-refractivity contribution >= 4 is 21.6 Å². The SMILES string of the molecule is CCCN(CCC)n1nc(C(F)(F)F)cc1CNC(=O)C(C)c1ccc(NS(C)(=O)=O)c(F)c1. The van der Waals surface area contributed by atoms with Crippen LogP contribution < -0.4 is 15.0 Å². The number of halogens is 4. The molecule has 0 fully saturated rings. The van der Waals surface area contributed by atoms with Gasteiger partial charge >= 0.3 is 6.18 Å². The predicted octanol–water partition coefficient (Wildman–Crippen LogP) is 3.59. The van der Waals surface area contributed by atoms with Crippen LogP contribution in [0.5, 0.6) is 0 Å². The fourth-order valence-electron chi connectivity index (χ4n) is 3.30. The Labute approximate surface area is 196 Å². The summed E-state index contributed by atoms with van der Waals surface area (Å²) in [5.74, 6) is -2.24. The average Bonchev–Trinajstić information content (AvgIpc) is 3.16. The van der Waals surface area contributed by atoms with Gasteiger partial charge in [-0.05, 0) is 43.5 Å². The minimum atomic E-state index is -4.64. The van der Waals surface area contributed by atoms with E-state index in [1.54, 1.807) is 5.01 Å². The van der Waals surface area contributed by atoms with Crippen molar-refractivity contribution in [2.75, 3.05) is 29.1 Å². The number of nitrogens with one attached hydrogen (secondary N) is 2. The number of benzene rings is 1. The van der Waals surface area contributed by atoms with Crippen LogP contribution >= 0.6 is 0 Å². The summed E-state index contributed by atoms with van der Waals surface area (Å²) in [4.78, 5) is 13.9. The number of alkyl halides is 3. The maximum Gasteiger partial charge on any atom is 0.435 e. The first kappa shape index (κ1) is 27.4. The van der Waals surface area contributed by atoms with E-state index < -0.39 is 39.5 Å². The van der Waals surface area contributed by atoms with E-state index in [4.69, 9.17) is 0 Å². The number of nitrogens with zero attached hydrogens (tertiary/aromatic N) is 3. The molecule has 0 spiro atoms. The molecule has 0 aliphatic heterocycles. The summed E-state index contributed by atoms with van der Waals surface area (Å²) >= 11 is 0. The average molecular weight is 508 g/mol. The third-order valence-electron chi connectivity index (χ3n) is 4.91. The lowest BCUT2D eigenvalue weighted by Gasteiger charge is -2.25. The molecule has 1 aromatic heterocycles. The number of amides is 1. The minimum Gasteiger partial charge on any atom is -0.350 e. The summed E-state index contributed by atoms with van der Waals surface area (Å²) in [5.41, 5.74) is -0.877. The van der Waals surface area contributed by atoms with Crippen LogP contribution in [0.4, 0.5) is 23.2 Å². The Morgan fingerprint density at radius 3 is 2.29 bits per heavy atom. The number of carbonyl (C=O) groups excluding carboxylic acids is 1. The quantitative estimate of drug-likeness (QED) is 0.453. The van der Waals surface area contributed by atoms with Crippen LogP contribution in [0.15, 0.2) is 24.3 Å². The van der Waals surface area contributed by atoms with Gasteiger partial charge in [0, 0.05) is 13.1 Å². The van der Waals surface area contributed by atoms with Crippen LogP contribution in [0.3, 0.4) is 0 Å². The molecule has 190 valence electrons. The molecule has 1 atom stereocenters. The zero-order valence-corrected chi connectivity index (χ0v) is 20.2. The maximum absolute atomic E-state index is 14.3. The van der Waals surface area contributed by atoms with E-state index >= 15 is 0 Å². The molecule has 0 saturated heterocycles. The van der Waals surface area contributed by atoms with Crippen LogP contribution in [-0.4, -0.2) is 43.6 Å². The molecule has 0 radical (unpaired) electrons. The van der Waals surface area contributed by atoms with E-state index in [9.17, 15) is 30.8 Å². The maximum atomic E-state index is 14.3. The summed E-state index contributed by atoms with van der Waals surface area (Å²) in [6, 6.07) is 4.53. The van der Waals surface area contributed by atoms with Gasteiger partial charge in [-0.25, -0.2) is 12.8 Å². The van der Waals surface area contributed by atoms with Crippen LogP contribution in [-0.2, 0) is 27.5 Å². The topological polar surface area (TPSA) is 96.3 Å². The fraction of sp³-hybridized carbons (Fsp3) is 0.524. The highest BCUT2D eigenvalue weighted by Gasteiger charge is 2.35. The van der Waals surface area contributed by atoms with Crippen LogP contribution in [0, 0.1) is 5.82 Å². The van der Waals surface area contributed by atoms with Gasteiger partial charge in [-0.3, -0.25) is 14.5 Å². The largest absolute Gasteiger partial charge is 0.435 e.